The molecule has 2 rings (SSSR count). The summed E-state index contributed by atoms with van der Waals surface area (Å²) in [6.45, 7) is 0. The van der Waals surface area contributed by atoms with Gasteiger partial charge in [0.25, 0.3) is 0 Å². The smallest absolute Gasteiger partial charge is 0.325 e. The first-order chi connectivity index (χ1) is 8.16. The van der Waals surface area contributed by atoms with Gasteiger partial charge in [0.2, 0.25) is 0 Å². The summed E-state index contributed by atoms with van der Waals surface area (Å²) in [5.74, 6) is -0.834. The lowest BCUT2D eigenvalue weighted by Gasteiger charge is -2.19. The van der Waals surface area contributed by atoms with Gasteiger partial charge in [-0.3, -0.25) is 10.1 Å². The highest BCUT2D eigenvalue weighted by molar-refractivity contribution is 6.30. The first kappa shape index (κ1) is 12.4. The highest BCUT2D eigenvalue weighted by Gasteiger charge is 2.24. The summed E-state index contributed by atoms with van der Waals surface area (Å²) >= 11 is 5.80. The third-order valence-electron chi connectivity index (χ3n) is 3.21. The molecule has 1 atom stereocenters. The third kappa shape index (κ3) is 3.20. The minimum absolute atomic E-state index is 0.326. The fourth-order valence-electron chi connectivity index (χ4n) is 2.29. The van der Waals surface area contributed by atoms with Crippen LogP contribution in [0.3, 0.4) is 0 Å². The lowest BCUT2D eigenvalue weighted by atomic mass is 10.1. The zero-order chi connectivity index (χ0) is 12.3. The normalized spacial score (nSPS) is 18.2. The van der Waals surface area contributed by atoms with Gasteiger partial charge in [0.1, 0.15) is 6.04 Å². The molecule has 0 radical (unpaired) electrons. The first-order valence-electron chi connectivity index (χ1n) is 5.91. The van der Waals surface area contributed by atoms with Gasteiger partial charge in [0.05, 0.1) is 0 Å². The van der Waals surface area contributed by atoms with E-state index in [1.165, 1.54) is 12.8 Å². The second-order valence-corrected chi connectivity index (χ2v) is 4.91. The van der Waals surface area contributed by atoms with Gasteiger partial charge >= 0.3 is 5.97 Å². The highest BCUT2D eigenvalue weighted by Crippen LogP contribution is 2.23. The minimum Gasteiger partial charge on any atom is -0.480 e. The number of aliphatic carboxylic acids is 1. The lowest BCUT2D eigenvalue weighted by molar-refractivity contribution is -0.139. The predicted octanol–water partition coefficient (Wildman–Crippen LogP) is 3.00. The maximum atomic E-state index is 11.3. The zero-order valence-electron chi connectivity index (χ0n) is 9.53. The van der Waals surface area contributed by atoms with Crippen LogP contribution in [0, 0.1) is 0 Å². The van der Waals surface area contributed by atoms with Crippen LogP contribution in [-0.2, 0) is 4.79 Å². The molecule has 1 fully saturated rings. The molecule has 1 aliphatic carbocycles. The molecule has 4 heteroatoms. The Labute approximate surface area is 106 Å². The van der Waals surface area contributed by atoms with Crippen LogP contribution in [0.5, 0.6) is 0 Å². The number of halogens is 1. The van der Waals surface area contributed by atoms with E-state index in [1.807, 2.05) is 0 Å². The molecule has 1 aromatic rings. The van der Waals surface area contributed by atoms with Gasteiger partial charge in [-0.1, -0.05) is 36.6 Å². The van der Waals surface area contributed by atoms with E-state index in [9.17, 15) is 9.90 Å². The number of carboxylic acids is 1. The number of hydrogen-bond donors (Lipinski definition) is 2. The van der Waals surface area contributed by atoms with Crippen LogP contribution < -0.4 is 5.32 Å². The summed E-state index contributed by atoms with van der Waals surface area (Å²) in [4.78, 5) is 11.3. The number of carboxylic acid groups (broad SMARTS) is 1. The quantitative estimate of drug-likeness (QED) is 0.867. The fraction of sp³-hybridized carbons (Fsp3) is 0.462. The summed E-state index contributed by atoms with van der Waals surface area (Å²) in [7, 11) is 0. The molecular formula is C13H16ClNO2. The van der Waals surface area contributed by atoms with Crippen molar-refractivity contribution in [2.24, 2.45) is 0 Å². The largest absolute Gasteiger partial charge is 0.480 e. The molecule has 0 bridgehead atoms. The molecule has 0 aromatic heterocycles. The van der Waals surface area contributed by atoms with Crippen LogP contribution in [0.4, 0.5) is 0 Å². The van der Waals surface area contributed by atoms with Crippen molar-refractivity contribution in [2.45, 2.75) is 37.8 Å². The Morgan fingerprint density at radius 2 is 1.88 bits per heavy atom. The van der Waals surface area contributed by atoms with Crippen molar-refractivity contribution in [2.75, 3.05) is 0 Å². The molecule has 0 spiro atoms. The Morgan fingerprint density at radius 1 is 1.29 bits per heavy atom. The monoisotopic (exact) mass is 253 g/mol. The van der Waals surface area contributed by atoms with Crippen molar-refractivity contribution < 1.29 is 9.90 Å². The molecule has 2 N–H and O–H groups in total. The molecular weight excluding hydrogens is 238 g/mol. The second kappa shape index (κ2) is 5.52. The van der Waals surface area contributed by atoms with E-state index in [2.05, 4.69) is 5.32 Å². The molecule has 0 heterocycles. The van der Waals surface area contributed by atoms with Crippen molar-refractivity contribution in [1.29, 1.82) is 0 Å². The standard InChI is InChI=1S/C13H16ClNO2/c14-10-7-5-9(6-8-10)12(13(16)17)15-11-3-1-2-4-11/h5-8,11-12,15H,1-4H2,(H,16,17). The Hall–Kier alpha value is -1.06. The molecule has 0 aliphatic heterocycles. The molecule has 3 nitrogen and oxygen atoms in total. The molecule has 0 amide bonds. The summed E-state index contributed by atoms with van der Waals surface area (Å²) in [6, 6.07) is 6.68. The van der Waals surface area contributed by atoms with E-state index in [0.717, 1.165) is 18.4 Å². The molecule has 1 aliphatic rings. The van der Waals surface area contributed by atoms with Crippen LogP contribution in [0.2, 0.25) is 5.02 Å². The number of benzene rings is 1. The van der Waals surface area contributed by atoms with E-state index < -0.39 is 12.0 Å². The van der Waals surface area contributed by atoms with Crippen LogP contribution in [0.25, 0.3) is 0 Å². The van der Waals surface area contributed by atoms with Crippen molar-refractivity contribution in [3.8, 4) is 0 Å². The maximum absolute atomic E-state index is 11.3. The minimum atomic E-state index is -0.834. The molecule has 1 saturated carbocycles. The molecule has 92 valence electrons. The SMILES string of the molecule is O=C(O)C(NC1CCCC1)c1ccc(Cl)cc1. The van der Waals surface area contributed by atoms with Crippen LogP contribution in [0.15, 0.2) is 24.3 Å². The van der Waals surface area contributed by atoms with Gasteiger partial charge in [-0.15, -0.1) is 0 Å². The van der Waals surface area contributed by atoms with Crippen molar-refractivity contribution in [1.82, 2.24) is 5.32 Å². The maximum Gasteiger partial charge on any atom is 0.325 e. The average molecular weight is 254 g/mol. The molecule has 1 unspecified atom stereocenters. The molecule has 0 saturated heterocycles. The Kier molecular flexibility index (Phi) is 4.02. The lowest BCUT2D eigenvalue weighted by Crippen LogP contribution is -2.35. The number of rotatable bonds is 4. The van der Waals surface area contributed by atoms with Crippen LogP contribution >= 0.6 is 11.6 Å². The molecule has 17 heavy (non-hydrogen) atoms. The first-order valence-corrected chi connectivity index (χ1v) is 6.29. The fourth-order valence-corrected chi connectivity index (χ4v) is 2.42. The van der Waals surface area contributed by atoms with Gasteiger partial charge in [-0.2, -0.15) is 0 Å². The third-order valence-corrected chi connectivity index (χ3v) is 3.46. The Balaban J connectivity index is 2.10. The van der Waals surface area contributed by atoms with Gasteiger partial charge in [-0.05, 0) is 30.5 Å². The predicted molar refractivity (Wildman–Crippen MR) is 67.2 cm³/mol. The Morgan fingerprint density at radius 3 is 2.41 bits per heavy atom. The average Bonchev–Trinajstić information content (AvgIpc) is 2.80. The van der Waals surface area contributed by atoms with Gasteiger partial charge in [-0.25, -0.2) is 0 Å². The van der Waals surface area contributed by atoms with Gasteiger partial charge in [0, 0.05) is 11.1 Å². The topological polar surface area (TPSA) is 49.3 Å². The second-order valence-electron chi connectivity index (χ2n) is 4.47. The number of carbonyl (C=O) groups is 1. The number of hydrogen-bond acceptors (Lipinski definition) is 2. The number of nitrogens with one attached hydrogen (secondary N) is 1. The summed E-state index contributed by atoms with van der Waals surface area (Å²) in [6.07, 6.45) is 4.50. The van der Waals surface area contributed by atoms with Crippen molar-refractivity contribution in [3.05, 3.63) is 34.9 Å². The summed E-state index contributed by atoms with van der Waals surface area (Å²) in [5.41, 5.74) is 0.758. The van der Waals surface area contributed by atoms with E-state index in [-0.39, 0.29) is 0 Å². The van der Waals surface area contributed by atoms with E-state index in [0.29, 0.717) is 11.1 Å². The van der Waals surface area contributed by atoms with Crippen LogP contribution in [-0.4, -0.2) is 17.1 Å². The molecule has 1 aromatic carbocycles. The zero-order valence-corrected chi connectivity index (χ0v) is 10.3. The van der Waals surface area contributed by atoms with Gasteiger partial charge in [0.15, 0.2) is 0 Å². The van der Waals surface area contributed by atoms with Crippen molar-refractivity contribution >= 4 is 17.6 Å². The van der Waals surface area contributed by atoms with Gasteiger partial charge < -0.3 is 5.11 Å². The van der Waals surface area contributed by atoms with E-state index in [4.69, 9.17) is 11.6 Å². The van der Waals surface area contributed by atoms with E-state index >= 15 is 0 Å². The summed E-state index contributed by atoms with van der Waals surface area (Å²) < 4.78 is 0. The van der Waals surface area contributed by atoms with Crippen molar-refractivity contribution in [3.63, 3.8) is 0 Å². The van der Waals surface area contributed by atoms with E-state index in [1.54, 1.807) is 24.3 Å². The Bertz CT molecular complexity index is 385. The highest BCUT2D eigenvalue weighted by atomic mass is 35.5. The van der Waals surface area contributed by atoms with Crippen LogP contribution in [0.1, 0.15) is 37.3 Å². The summed E-state index contributed by atoms with van der Waals surface area (Å²) in [5, 5.41) is 13.1.